The summed E-state index contributed by atoms with van der Waals surface area (Å²) in [4.78, 5) is 23.9. The van der Waals surface area contributed by atoms with E-state index >= 15 is 0 Å². The molecule has 1 amide bonds. The molecule has 1 N–H and O–H groups in total. The number of carbonyl (C=O) groups excluding carboxylic acids is 1. The maximum Gasteiger partial charge on any atom is 0.417 e. The summed E-state index contributed by atoms with van der Waals surface area (Å²) < 4.78 is 41.8. The molecule has 8 nitrogen and oxygen atoms in total. The number of likely N-dealkylation sites (N-methyl/N-ethyl adjacent to an activating group) is 1. The first kappa shape index (κ1) is 24.4. The molecule has 3 heterocycles. The Morgan fingerprint density at radius 2 is 1.83 bits per heavy atom. The number of amides is 1. The predicted molar refractivity (Wildman–Crippen MR) is 127 cm³/mol. The van der Waals surface area contributed by atoms with Gasteiger partial charge in [0.05, 0.1) is 34.1 Å². The van der Waals surface area contributed by atoms with Crippen LogP contribution in [0.4, 0.5) is 19.1 Å². The van der Waals surface area contributed by atoms with Crippen molar-refractivity contribution in [2.24, 2.45) is 0 Å². The molecule has 35 heavy (non-hydrogen) atoms. The fourth-order valence-corrected chi connectivity index (χ4v) is 3.89. The Balaban J connectivity index is 1.59. The van der Waals surface area contributed by atoms with Crippen LogP contribution in [0.25, 0.3) is 16.9 Å². The maximum absolute atomic E-state index is 13.1. The van der Waals surface area contributed by atoms with E-state index in [9.17, 15) is 18.0 Å². The minimum absolute atomic E-state index is 0.181. The fourth-order valence-electron chi connectivity index (χ4n) is 3.89. The highest BCUT2D eigenvalue weighted by Gasteiger charge is 2.31. The van der Waals surface area contributed by atoms with Gasteiger partial charge in [0, 0.05) is 19.3 Å². The number of benzene rings is 1. The third-order valence-electron chi connectivity index (χ3n) is 5.96. The zero-order valence-corrected chi connectivity index (χ0v) is 19.7. The van der Waals surface area contributed by atoms with Gasteiger partial charge >= 0.3 is 6.18 Å². The number of nitrogens with zero attached hydrogens (tertiary/aromatic N) is 6. The van der Waals surface area contributed by atoms with Gasteiger partial charge in [0.1, 0.15) is 0 Å². The highest BCUT2D eigenvalue weighted by molar-refractivity contribution is 6.04. The summed E-state index contributed by atoms with van der Waals surface area (Å²) in [5.41, 5.74) is 1.54. The number of aromatic nitrogens is 5. The number of pyridine rings is 1. The average Bonchev–Trinajstić information content (AvgIpc) is 3.39. The van der Waals surface area contributed by atoms with Crippen molar-refractivity contribution in [3.8, 4) is 5.82 Å². The lowest BCUT2D eigenvalue weighted by Crippen LogP contribution is -2.27. The summed E-state index contributed by atoms with van der Waals surface area (Å²) in [6.07, 6.45) is -2.37. The van der Waals surface area contributed by atoms with Crippen molar-refractivity contribution in [3.63, 3.8) is 0 Å². The highest BCUT2D eigenvalue weighted by Crippen LogP contribution is 2.29. The van der Waals surface area contributed by atoms with E-state index in [1.807, 2.05) is 28.8 Å². The topological polar surface area (TPSA) is 80.9 Å². The van der Waals surface area contributed by atoms with Crippen LogP contribution >= 0.6 is 0 Å². The number of fused-ring (bicyclic) bond motifs is 1. The van der Waals surface area contributed by atoms with Crippen LogP contribution in [-0.2, 0) is 12.7 Å². The van der Waals surface area contributed by atoms with E-state index in [0.717, 1.165) is 42.9 Å². The molecule has 0 aliphatic carbocycles. The van der Waals surface area contributed by atoms with Crippen molar-refractivity contribution in [1.82, 2.24) is 29.2 Å². The third kappa shape index (κ3) is 5.04. The minimum atomic E-state index is -4.48. The lowest BCUT2D eigenvalue weighted by atomic mass is 10.2. The van der Waals surface area contributed by atoms with Gasteiger partial charge in [0.25, 0.3) is 5.91 Å². The smallest absolute Gasteiger partial charge is 0.309 e. The third-order valence-corrected chi connectivity index (χ3v) is 5.96. The van der Waals surface area contributed by atoms with Gasteiger partial charge in [-0.3, -0.25) is 10.1 Å². The number of anilines is 1. The Morgan fingerprint density at radius 3 is 2.49 bits per heavy atom. The van der Waals surface area contributed by atoms with Crippen molar-refractivity contribution >= 4 is 22.9 Å². The molecule has 0 fully saturated rings. The normalized spacial score (nSPS) is 12.0. The molecule has 0 aliphatic rings. The zero-order chi connectivity index (χ0) is 25.2. The van der Waals surface area contributed by atoms with Crippen molar-refractivity contribution in [3.05, 3.63) is 65.6 Å². The van der Waals surface area contributed by atoms with Crippen LogP contribution < -0.4 is 5.32 Å². The van der Waals surface area contributed by atoms with Gasteiger partial charge in [-0.25, -0.2) is 14.6 Å². The number of imidazole rings is 1. The fraction of sp³-hybridized carbons (Fsp3) is 0.333. The number of nitrogens with one attached hydrogen (secondary N) is 1. The van der Waals surface area contributed by atoms with Gasteiger partial charge in [-0.2, -0.15) is 18.3 Å². The molecule has 0 unspecified atom stereocenters. The van der Waals surface area contributed by atoms with E-state index in [0.29, 0.717) is 18.2 Å². The highest BCUT2D eigenvalue weighted by atomic mass is 19.4. The summed E-state index contributed by atoms with van der Waals surface area (Å²) >= 11 is 0. The van der Waals surface area contributed by atoms with E-state index in [-0.39, 0.29) is 11.4 Å². The van der Waals surface area contributed by atoms with Gasteiger partial charge in [-0.15, -0.1) is 0 Å². The second kappa shape index (κ2) is 9.87. The number of rotatable bonds is 8. The molecule has 0 saturated carbocycles. The van der Waals surface area contributed by atoms with E-state index in [2.05, 4.69) is 39.1 Å². The Bertz CT molecular complexity index is 1320. The second-order valence-corrected chi connectivity index (χ2v) is 8.02. The summed E-state index contributed by atoms with van der Waals surface area (Å²) in [5, 5.41) is 7.05. The molecule has 0 bridgehead atoms. The Labute approximate surface area is 200 Å². The molecule has 0 atom stereocenters. The van der Waals surface area contributed by atoms with Gasteiger partial charge in [-0.1, -0.05) is 26.0 Å². The first-order chi connectivity index (χ1) is 16.7. The van der Waals surface area contributed by atoms with Crippen molar-refractivity contribution in [2.45, 2.75) is 33.5 Å². The monoisotopic (exact) mass is 485 g/mol. The minimum Gasteiger partial charge on any atom is -0.309 e. The molecule has 11 heteroatoms. The van der Waals surface area contributed by atoms with E-state index < -0.39 is 17.6 Å². The lowest BCUT2D eigenvalue weighted by Gasteiger charge is -2.19. The van der Waals surface area contributed by atoms with Crippen LogP contribution in [0.5, 0.6) is 0 Å². The molecule has 3 aromatic heterocycles. The first-order valence-corrected chi connectivity index (χ1v) is 11.3. The van der Waals surface area contributed by atoms with Gasteiger partial charge in [0.15, 0.2) is 5.82 Å². The molecule has 1 aromatic carbocycles. The first-order valence-electron chi connectivity index (χ1n) is 11.3. The summed E-state index contributed by atoms with van der Waals surface area (Å²) in [5.74, 6) is 0.184. The van der Waals surface area contributed by atoms with E-state index in [1.54, 1.807) is 6.92 Å². The predicted octanol–water partition coefficient (Wildman–Crippen LogP) is 4.54. The van der Waals surface area contributed by atoms with Crippen molar-refractivity contribution in [2.75, 3.05) is 25.0 Å². The number of carbonyl (C=O) groups is 1. The molecule has 0 radical (unpaired) electrons. The SMILES string of the molecule is CCN(CC)CCn1c(NC(=O)c2cnn(-c3ccc(C(F)(F)F)cn3)c2C)nc2ccccc21. The molecule has 0 spiro atoms. The van der Waals surface area contributed by atoms with Gasteiger partial charge in [-0.05, 0) is 44.3 Å². The number of para-hydroxylation sites is 2. The van der Waals surface area contributed by atoms with Crippen LogP contribution in [0.1, 0.15) is 35.5 Å². The summed E-state index contributed by atoms with van der Waals surface area (Å²) in [6.45, 7) is 9.14. The van der Waals surface area contributed by atoms with Crippen LogP contribution in [0.3, 0.4) is 0 Å². The molecule has 0 aliphatic heterocycles. The van der Waals surface area contributed by atoms with Crippen LogP contribution in [-0.4, -0.2) is 54.8 Å². The number of halogens is 3. The average molecular weight is 486 g/mol. The number of hydrogen-bond acceptors (Lipinski definition) is 5. The van der Waals surface area contributed by atoms with Crippen LogP contribution in [0.2, 0.25) is 0 Å². The van der Waals surface area contributed by atoms with Crippen molar-refractivity contribution in [1.29, 1.82) is 0 Å². The molecule has 0 saturated heterocycles. The summed E-state index contributed by atoms with van der Waals surface area (Å²) in [6, 6.07) is 9.81. The zero-order valence-electron chi connectivity index (χ0n) is 19.7. The molecular weight excluding hydrogens is 459 g/mol. The van der Waals surface area contributed by atoms with Crippen molar-refractivity contribution < 1.29 is 18.0 Å². The van der Waals surface area contributed by atoms with Gasteiger partial charge in [0.2, 0.25) is 5.95 Å². The Morgan fingerprint density at radius 1 is 1.09 bits per heavy atom. The molecule has 4 rings (SSSR count). The number of alkyl halides is 3. The van der Waals surface area contributed by atoms with E-state index in [4.69, 9.17) is 0 Å². The molecular formula is C24H26F3N7O. The lowest BCUT2D eigenvalue weighted by molar-refractivity contribution is -0.137. The standard InChI is InChI=1S/C24H26F3N7O/c1-4-32(5-2)12-13-33-20-9-7-6-8-19(20)30-23(33)31-22(35)18-15-29-34(16(18)3)21-11-10-17(14-28-21)24(25,26)27/h6-11,14-15H,4-5,12-13H2,1-3H3,(H,30,31,35). The molecule has 184 valence electrons. The maximum atomic E-state index is 13.1. The molecule has 4 aromatic rings. The summed E-state index contributed by atoms with van der Waals surface area (Å²) in [7, 11) is 0. The largest absolute Gasteiger partial charge is 0.417 e. The Hall–Kier alpha value is -3.73. The number of hydrogen-bond donors (Lipinski definition) is 1. The second-order valence-electron chi connectivity index (χ2n) is 8.02. The van der Waals surface area contributed by atoms with Crippen LogP contribution in [0.15, 0.2) is 48.8 Å². The Kier molecular flexibility index (Phi) is 6.88. The quantitative estimate of drug-likeness (QED) is 0.396. The van der Waals surface area contributed by atoms with E-state index in [1.165, 1.54) is 16.9 Å². The van der Waals surface area contributed by atoms with Gasteiger partial charge < -0.3 is 9.47 Å². The van der Waals surface area contributed by atoms with Crippen LogP contribution in [0, 0.1) is 6.92 Å².